The number of benzene rings is 1. The fourth-order valence-corrected chi connectivity index (χ4v) is 2.73. The van der Waals surface area contributed by atoms with Gasteiger partial charge in [-0.3, -0.25) is 9.59 Å². The van der Waals surface area contributed by atoms with Gasteiger partial charge in [0, 0.05) is 17.5 Å². The van der Waals surface area contributed by atoms with E-state index >= 15 is 0 Å². The topological polar surface area (TPSA) is 72.2 Å². The molecule has 0 unspecified atom stereocenters. The maximum atomic E-state index is 11.7. The maximum Gasteiger partial charge on any atom is 0.248 e. The van der Waals surface area contributed by atoms with Gasteiger partial charge in [-0.2, -0.15) is 0 Å². The van der Waals surface area contributed by atoms with E-state index in [2.05, 4.69) is 17.2 Å². The lowest BCUT2D eigenvalue weighted by atomic mass is 10.0. The summed E-state index contributed by atoms with van der Waals surface area (Å²) in [6.07, 6.45) is 6.76. The van der Waals surface area contributed by atoms with Crippen molar-refractivity contribution in [2.24, 2.45) is 11.7 Å². The van der Waals surface area contributed by atoms with E-state index in [-0.39, 0.29) is 5.91 Å². The Kier molecular flexibility index (Phi) is 6.02. The Balaban J connectivity index is 1.69. The third-order valence-corrected chi connectivity index (χ3v) is 4.03. The number of hydrogen-bond acceptors (Lipinski definition) is 2. The van der Waals surface area contributed by atoms with E-state index in [0.29, 0.717) is 18.5 Å². The Hall–Kier alpha value is -2.28. The highest BCUT2D eigenvalue weighted by atomic mass is 16.1. The summed E-state index contributed by atoms with van der Waals surface area (Å²) in [4.78, 5) is 22.6. The van der Waals surface area contributed by atoms with Crippen LogP contribution in [0.4, 0.5) is 0 Å². The van der Waals surface area contributed by atoms with E-state index in [1.165, 1.54) is 25.7 Å². The van der Waals surface area contributed by atoms with Crippen molar-refractivity contribution in [2.45, 2.75) is 38.5 Å². The van der Waals surface area contributed by atoms with Crippen molar-refractivity contribution in [1.29, 1.82) is 0 Å². The van der Waals surface area contributed by atoms with Gasteiger partial charge in [-0.25, -0.2) is 0 Å². The summed E-state index contributed by atoms with van der Waals surface area (Å²) in [5.74, 6) is 6.22. The molecule has 1 aliphatic carbocycles. The average Bonchev–Trinajstić information content (AvgIpc) is 3.03. The summed E-state index contributed by atoms with van der Waals surface area (Å²) in [5, 5.41) is 2.82. The van der Waals surface area contributed by atoms with Crippen molar-refractivity contribution in [3.8, 4) is 11.8 Å². The Labute approximate surface area is 131 Å². The lowest BCUT2D eigenvalue weighted by Crippen LogP contribution is -2.23. The molecule has 1 aromatic carbocycles. The standard InChI is InChI=1S/C18H22N2O2/c19-18(22)16-10-7-15(8-11-16)6-3-13-20-17(21)12-9-14-4-1-2-5-14/h7-8,10-11,14H,1-2,4-5,9,12-13H2,(H2,19,22)(H,20,21). The van der Waals surface area contributed by atoms with Gasteiger partial charge in [-0.1, -0.05) is 37.5 Å². The first-order chi connectivity index (χ1) is 10.6. The molecule has 2 rings (SSSR count). The number of carbonyl (C=O) groups is 2. The second-order valence-corrected chi connectivity index (χ2v) is 5.71. The highest BCUT2D eigenvalue weighted by molar-refractivity contribution is 5.92. The first kappa shape index (κ1) is 16.1. The summed E-state index contributed by atoms with van der Waals surface area (Å²) >= 11 is 0. The summed E-state index contributed by atoms with van der Waals surface area (Å²) in [6, 6.07) is 6.78. The highest BCUT2D eigenvalue weighted by Gasteiger charge is 2.15. The Morgan fingerprint density at radius 3 is 2.50 bits per heavy atom. The first-order valence-corrected chi connectivity index (χ1v) is 7.80. The molecule has 4 nitrogen and oxygen atoms in total. The fraction of sp³-hybridized carbons (Fsp3) is 0.444. The van der Waals surface area contributed by atoms with Crippen LogP contribution < -0.4 is 11.1 Å². The zero-order valence-corrected chi connectivity index (χ0v) is 12.7. The molecule has 0 aliphatic heterocycles. The van der Waals surface area contributed by atoms with Crippen LogP contribution >= 0.6 is 0 Å². The number of rotatable bonds is 5. The predicted molar refractivity (Wildman–Crippen MR) is 86.0 cm³/mol. The van der Waals surface area contributed by atoms with Crippen molar-refractivity contribution in [1.82, 2.24) is 5.32 Å². The third kappa shape index (κ3) is 5.25. The lowest BCUT2D eigenvalue weighted by molar-refractivity contribution is -0.121. The summed E-state index contributed by atoms with van der Waals surface area (Å²) in [5.41, 5.74) is 6.43. The minimum Gasteiger partial charge on any atom is -0.366 e. The predicted octanol–water partition coefficient (Wildman–Crippen LogP) is 2.22. The maximum absolute atomic E-state index is 11.7. The molecule has 0 heterocycles. The SMILES string of the molecule is NC(=O)c1ccc(C#CCNC(=O)CCC2CCCC2)cc1. The molecule has 0 saturated heterocycles. The van der Waals surface area contributed by atoms with Gasteiger partial charge in [-0.05, 0) is 36.6 Å². The van der Waals surface area contributed by atoms with Gasteiger partial charge in [0.25, 0.3) is 0 Å². The van der Waals surface area contributed by atoms with E-state index in [4.69, 9.17) is 5.73 Å². The van der Waals surface area contributed by atoms with Gasteiger partial charge >= 0.3 is 0 Å². The number of carbonyl (C=O) groups excluding carboxylic acids is 2. The Morgan fingerprint density at radius 2 is 1.86 bits per heavy atom. The number of nitrogens with two attached hydrogens (primary N) is 1. The fourth-order valence-electron chi connectivity index (χ4n) is 2.73. The summed E-state index contributed by atoms with van der Waals surface area (Å²) in [7, 11) is 0. The van der Waals surface area contributed by atoms with Crippen LogP contribution in [-0.2, 0) is 4.79 Å². The van der Waals surface area contributed by atoms with E-state index in [0.717, 1.165) is 17.9 Å². The molecule has 1 fully saturated rings. The number of hydrogen-bond donors (Lipinski definition) is 2. The molecule has 4 heteroatoms. The molecule has 0 aromatic heterocycles. The van der Waals surface area contributed by atoms with E-state index in [1.54, 1.807) is 24.3 Å². The van der Waals surface area contributed by atoms with Gasteiger partial charge in [0.05, 0.1) is 6.54 Å². The summed E-state index contributed by atoms with van der Waals surface area (Å²) < 4.78 is 0. The zero-order chi connectivity index (χ0) is 15.8. The van der Waals surface area contributed by atoms with Crippen LogP contribution in [0, 0.1) is 17.8 Å². The van der Waals surface area contributed by atoms with Crippen molar-refractivity contribution in [3.05, 3.63) is 35.4 Å². The Morgan fingerprint density at radius 1 is 1.18 bits per heavy atom. The van der Waals surface area contributed by atoms with Crippen LogP contribution in [0.1, 0.15) is 54.4 Å². The molecular formula is C18H22N2O2. The molecule has 22 heavy (non-hydrogen) atoms. The van der Waals surface area contributed by atoms with Crippen molar-refractivity contribution >= 4 is 11.8 Å². The van der Waals surface area contributed by atoms with Crippen LogP contribution in [0.15, 0.2) is 24.3 Å². The third-order valence-electron chi connectivity index (χ3n) is 4.03. The molecule has 0 radical (unpaired) electrons. The van der Waals surface area contributed by atoms with Crippen LogP contribution in [0.5, 0.6) is 0 Å². The second kappa shape index (κ2) is 8.23. The number of primary amides is 1. The molecular weight excluding hydrogens is 276 g/mol. The minimum absolute atomic E-state index is 0.0743. The largest absolute Gasteiger partial charge is 0.366 e. The monoisotopic (exact) mass is 298 g/mol. The average molecular weight is 298 g/mol. The molecule has 3 N–H and O–H groups in total. The molecule has 0 atom stereocenters. The normalized spacial score (nSPS) is 14.2. The van der Waals surface area contributed by atoms with Crippen molar-refractivity contribution < 1.29 is 9.59 Å². The van der Waals surface area contributed by atoms with Gasteiger partial charge in [0.2, 0.25) is 11.8 Å². The minimum atomic E-state index is -0.450. The van der Waals surface area contributed by atoms with Gasteiger partial charge in [0.15, 0.2) is 0 Å². The first-order valence-electron chi connectivity index (χ1n) is 7.80. The quantitative estimate of drug-likeness (QED) is 0.818. The van der Waals surface area contributed by atoms with Crippen molar-refractivity contribution in [2.75, 3.05) is 6.54 Å². The molecule has 0 bridgehead atoms. The molecule has 116 valence electrons. The van der Waals surface area contributed by atoms with Gasteiger partial charge < -0.3 is 11.1 Å². The molecule has 1 aliphatic rings. The van der Waals surface area contributed by atoms with E-state index in [1.807, 2.05) is 0 Å². The van der Waals surface area contributed by atoms with E-state index < -0.39 is 5.91 Å². The lowest BCUT2D eigenvalue weighted by Gasteiger charge is -2.07. The van der Waals surface area contributed by atoms with Crippen LogP contribution in [-0.4, -0.2) is 18.4 Å². The second-order valence-electron chi connectivity index (χ2n) is 5.71. The molecule has 1 aromatic rings. The summed E-state index contributed by atoms with van der Waals surface area (Å²) in [6.45, 7) is 0.348. The van der Waals surface area contributed by atoms with Gasteiger partial charge in [-0.15, -0.1) is 0 Å². The zero-order valence-electron chi connectivity index (χ0n) is 12.7. The number of amides is 2. The smallest absolute Gasteiger partial charge is 0.248 e. The van der Waals surface area contributed by atoms with E-state index in [9.17, 15) is 9.59 Å². The van der Waals surface area contributed by atoms with Crippen molar-refractivity contribution in [3.63, 3.8) is 0 Å². The highest BCUT2D eigenvalue weighted by Crippen LogP contribution is 2.28. The Bertz CT molecular complexity index is 575. The molecule has 1 saturated carbocycles. The van der Waals surface area contributed by atoms with Crippen LogP contribution in [0.25, 0.3) is 0 Å². The molecule has 0 spiro atoms. The number of nitrogens with one attached hydrogen (secondary N) is 1. The van der Waals surface area contributed by atoms with Crippen LogP contribution in [0.3, 0.4) is 0 Å². The van der Waals surface area contributed by atoms with Gasteiger partial charge in [0.1, 0.15) is 0 Å². The van der Waals surface area contributed by atoms with Crippen LogP contribution in [0.2, 0.25) is 0 Å². The molecule has 2 amide bonds.